The molecule has 4 N–H and O–H groups in total. The number of thioether (sulfide) groups is 1. The number of primary sulfonamides is 1. The average Bonchev–Trinajstić information content (AvgIpc) is 3.34. The Hall–Kier alpha value is -2.11. The topological polar surface area (TPSA) is 132 Å². The van der Waals surface area contributed by atoms with Gasteiger partial charge in [0.05, 0.1) is 4.90 Å². The van der Waals surface area contributed by atoms with Crippen LogP contribution in [0.5, 0.6) is 0 Å². The molecule has 1 aliphatic rings. The molecule has 3 rings (SSSR count). The molecule has 1 fully saturated rings. The maximum Gasteiger partial charge on any atom is 0.319 e. The number of hydrogen-bond acceptors (Lipinski definition) is 6. The van der Waals surface area contributed by atoms with Gasteiger partial charge in [0.15, 0.2) is 5.16 Å². The quantitative estimate of drug-likeness (QED) is 0.428. The van der Waals surface area contributed by atoms with Gasteiger partial charge in [-0.2, -0.15) is 0 Å². The number of hydrogen-bond donors (Lipinski definition) is 3. The van der Waals surface area contributed by atoms with Gasteiger partial charge in [0, 0.05) is 24.7 Å². The van der Waals surface area contributed by atoms with Gasteiger partial charge in [-0.15, -0.1) is 10.2 Å². The highest BCUT2D eigenvalue weighted by Gasteiger charge is 2.23. The Morgan fingerprint density at radius 2 is 2.07 bits per heavy atom. The molecule has 11 heteroatoms. The van der Waals surface area contributed by atoms with Crippen molar-refractivity contribution in [2.45, 2.75) is 54.6 Å². The number of nitrogens with zero attached hydrogens (tertiary/aromatic N) is 3. The Kier molecular flexibility index (Phi) is 7.14. The van der Waals surface area contributed by atoms with Crippen LogP contribution in [0.3, 0.4) is 0 Å². The van der Waals surface area contributed by atoms with E-state index in [4.69, 9.17) is 5.14 Å². The van der Waals surface area contributed by atoms with Crippen molar-refractivity contribution < 1.29 is 13.2 Å². The Bertz CT molecular complexity index is 954. The number of aryl methyl sites for hydroxylation is 1. The van der Waals surface area contributed by atoms with E-state index in [2.05, 4.69) is 25.4 Å². The van der Waals surface area contributed by atoms with E-state index in [0.29, 0.717) is 18.3 Å². The van der Waals surface area contributed by atoms with Crippen LogP contribution in [-0.4, -0.2) is 42.0 Å². The summed E-state index contributed by atoms with van der Waals surface area (Å²) in [6.07, 6.45) is 8.27. The number of nitrogens with two attached hydrogens (primary N) is 1. The second-order valence-corrected chi connectivity index (χ2v) is 9.30. The maximum atomic E-state index is 12.1. The molecule has 1 aromatic carbocycles. The molecule has 1 saturated carbocycles. The molecule has 0 bridgehead atoms. The molecule has 0 spiro atoms. The lowest BCUT2D eigenvalue weighted by molar-refractivity contribution is 0.252. The van der Waals surface area contributed by atoms with Gasteiger partial charge in [0.25, 0.3) is 0 Å². The van der Waals surface area contributed by atoms with Crippen LogP contribution < -0.4 is 15.8 Å². The summed E-state index contributed by atoms with van der Waals surface area (Å²) in [6, 6.07) is 5.89. The van der Waals surface area contributed by atoms with Crippen LogP contribution in [0.25, 0.3) is 0 Å². The van der Waals surface area contributed by atoms with Gasteiger partial charge in [-0.1, -0.05) is 30.7 Å². The third-order valence-corrected chi connectivity index (χ3v) is 6.45. The van der Waals surface area contributed by atoms with Crippen molar-refractivity contribution in [2.24, 2.45) is 5.14 Å². The van der Waals surface area contributed by atoms with E-state index in [1.807, 2.05) is 6.26 Å². The van der Waals surface area contributed by atoms with Crippen molar-refractivity contribution in [3.8, 4) is 0 Å². The molecular formula is C18H26N6O3S2. The molecule has 0 atom stereocenters. The Balaban J connectivity index is 1.50. The summed E-state index contributed by atoms with van der Waals surface area (Å²) in [7, 11) is -3.81. The number of benzene rings is 1. The number of amides is 2. The van der Waals surface area contributed by atoms with E-state index < -0.39 is 16.1 Å². The smallest absolute Gasteiger partial charge is 0.319 e. The lowest BCUT2D eigenvalue weighted by atomic mass is 10.2. The molecule has 1 heterocycles. The molecule has 1 aromatic heterocycles. The molecule has 2 amide bonds. The fourth-order valence-electron chi connectivity index (χ4n) is 3.52. The molecule has 2 aromatic rings. The van der Waals surface area contributed by atoms with Crippen molar-refractivity contribution in [1.82, 2.24) is 20.1 Å². The predicted octanol–water partition coefficient (Wildman–Crippen LogP) is 2.52. The van der Waals surface area contributed by atoms with Crippen molar-refractivity contribution in [2.75, 3.05) is 18.1 Å². The molecule has 1 aliphatic carbocycles. The monoisotopic (exact) mass is 438 g/mol. The summed E-state index contributed by atoms with van der Waals surface area (Å²) >= 11 is 1.61. The van der Waals surface area contributed by atoms with Crippen molar-refractivity contribution in [3.63, 3.8) is 0 Å². The first-order valence-corrected chi connectivity index (χ1v) is 12.3. The van der Waals surface area contributed by atoms with E-state index in [-0.39, 0.29) is 4.90 Å². The maximum absolute atomic E-state index is 12.1. The minimum absolute atomic E-state index is 0.0499. The van der Waals surface area contributed by atoms with Gasteiger partial charge in [0.2, 0.25) is 10.0 Å². The number of urea groups is 1. The predicted molar refractivity (Wildman–Crippen MR) is 112 cm³/mol. The first-order valence-electron chi connectivity index (χ1n) is 9.54. The second kappa shape index (κ2) is 9.59. The van der Waals surface area contributed by atoms with Crippen LogP contribution in [0, 0.1) is 0 Å². The van der Waals surface area contributed by atoms with Crippen LogP contribution in [0.4, 0.5) is 10.5 Å². The minimum Gasteiger partial charge on any atom is -0.338 e. The third kappa shape index (κ3) is 5.71. The van der Waals surface area contributed by atoms with E-state index >= 15 is 0 Å². The summed E-state index contributed by atoms with van der Waals surface area (Å²) in [5.41, 5.74) is 0.361. The fraction of sp³-hybridized carbons (Fsp3) is 0.500. The van der Waals surface area contributed by atoms with Crippen LogP contribution in [0.15, 0.2) is 34.3 Å². The van der Waals surface area contributed by atoms with Gasteiger partial charge in [-0.3, -0.25) is 0 Å². The summed E-state index contributed by atoms with van der Waals surface area (Å²) in [5, 5.41) is 20.1. The number of sulfonamides is 1. The molecular weight excluding hydrogens is 412 g/mol. The zero-order valence-corrected chi connectivity index (χ0v) is 17.9. The molecule has 9 nitrogen and oxygen atoms in total. The third-order valence-electron chi connectivity index (χ3n) is 4.89. The van der Waals surface area contributed by atoms with Crippen molar-refractivity contribution in [3.05, 3.63) is 30.1 Å². The number of nitrogens with one attached hydrogen (secondary N) is 2. The fourth-order valence-corrected chi connectivity index (χ4v) is 4.65. The van der Waals surface area contributed by atoms with Crippen LogP contribution in [0.2, 0.25) is 0 Å². The number of carbonyl (C=O) groups excluding carboxylic acids is 1. The first kappa shape index (κ1) is 21.6. The average molecular weight is 439 g/mol. The van der Waals surface area contributed by atoms with Crippen LogP contribution >= 0.6 is 11.8 Å². The molecule has 0 unspecified atom stereocenters. The van der Waals surface area contributed by atoms with Crippen molar-refractivity contribution in [1.29, 1.82) is 0 Å². The van der Waals surface area contributed by atoms with Crippen LogP contribution in [0.1, 0.15) is 44.0 Å². The largest absolute Gasteiger partial charge is 0.338 e. The second-order valence-electron chi connectivity index (χ2n) is 6.97. The highest BCUT2D eigenvalue weighted by molar-refractivity contribution is 7.98. The summed E-state index contributed by atoms with van der Waals surface area (Å²) in [6.45, 7) is 0.465. The molecule has 29 heavy (non-hydrogen) atoms. The van der Waals surface area contributed by atoms with Crippen molar-refractivity contribution >= 4 is 33.5 Å². The highest BCUT2D eigenvalue weighted by Crippen LogP contribution is 2.33. The number of aromatic nitrogens is 3. The molecule has 0 radical (unpaired) electrons. The van der Waals surface area contributed by atoms with E-state index in [9.17, 15) is 13.2 Å². The molecule has 0 saturated heterocycles. The normalized spacial score (nSPS) is 14.8. The van der Waals surface area contributed by atoms with Gasteiger partial charge in [-0.05, 0) is 43.7 Å². The van der Waals surface area contributed by atoms with Gasteiger partial charge in [0.1, 0.15) is 5.82 Å². The Morgan fingerprint density at radius 1 is 1.31 bits per heavy atom. The number of carbonyl (C=O) groups is 1. The molecule has 0 aliphatic heterocycles. The van der Waals surface area contributed by atoms with Gasteiger partial charge < -0.3 is 15.2 Å². The zero-order valence-electron chi connectivity index (χ0n) is 16.3. The highest BCUT2D eigenvalue weighted by atomic mass is 32.2. The zero-order chi connectivity index (χ0) is 20.9. The lowest BCUT2D eigenvalue weighted by Gasteiger charge is -2.16. The van der Waals surface area contributed by atoms with E-state index in [1.165, 1.54) is 31.0 Å². The Labute approximate surface area is 174 Å². The number of rotatable bonds is 8. The summed E-state index contributed by atoms with van der Waals surface area (Å²) < 4.78 is 25.1. The van der Waals surface area contributed by atoms with E-state index in [0.717, 1.165) is 36.7 Å². The standard InChI is InChI=1S/C18H26N6O3S2/c1-28-18-23-22-16(24(18)14-7-2-3-8-14)10-5-11-20-17(25)21-13-6-4-9-15(12-13)29(19,26)27/h4,6,9,12,14H,2-3,5,7-8,10-11H2,1H3,(H2,19,26,27)(H2,20,21,25). The lowest BCUT2D eigenvalue weighted by Crippen LogP contribution is -2.30. The van der Waals surface area contributed by atoms with Gasteiger partial charge >= 0.3 is 6.03 Å². The van der Waals surface area contributed by atoms with Crippen LogP contribution in [-0.2, 0) is 16.4 Å². The SMILES string of the molecule is CSc1nnc(CCCNC(=O)Nc2cccc(S(N)(=O)=O)c2)n1C1CCCC1. The van der Waals surface area contributed by atoms with Gasteiger partial charge in [-0.25, -0.2) is 18.4 Å². The minimum atomic E-state index is -3.81. The first-order chi connectivity index (χ1) is 13.9. The summed E-state index contributed by atoms with van der Waals surface area (Å²) in [4.78, 5) is 12.0. The Morgan fingerprint density at radius 3 is 2.76 bits per heavy atom. The summed E-state index contributed by atoms with van der Waals surface area (Å²) in [5.74, 6) is 0.962. The van der Waals surface area contributed by atoms with E-state index in [1.54, 1.807) is 17.8 Å². The number of anilines is 1. The molecule has 158 valence electrons.